The number of benzene rings is 1. The summed E-state index contributed by atoms with van der Waals surface area (Å²) in [4.78, 5) is 23.6. The minimum Gasteiger partial charge on any atom is -0.326 e. The Morgan fingerprint density at radius 1 is 1.37 bits per heavy atom. The fourth-order valence-electron chi connectivity index (χ4n) is 2.33. The van der Waals surface area contributed by atoms with Crippen LogP contribution in [0.1, 0.15) is 55.5 Å². The van der Waals surface area contributed by atoms with E-state index in [2.05, 4.69) is 19.2 Å². The summed E-state index contributed by atoms with van der Waals surface area (Å²) in [6, 6.07) is 5.64. The lowest BCUT2D eigenvalue weighted by molar-refractivity contribution is -0.116. The van der Waals surface area contributed by atoms with Gasteiger partial charge < -0.3 is 5.32 Å². The van der Waals surface area contributed by atoms with Crippen molar-refractivity contribution in [1.82, 2.24) is 0 Å². The van der Waals surface area contributed by atoms with Crippen LogP contribution >= 0.6 is 0 Å². The van der Waals surface area contributed by atoms with E-state index in [0.29, 0.717) is 18.8 Å². The van der Waals surface area contributed by atoms with Gasteiger partial charge in [-0.1, -0.05) is 20.3 Å². The van der Waals surface area contributed by atoms with E-state index in [1.54, 1.807) is 0 Å². The zero-order valence-electron chi connectivity index (χ0n) is 11.7. The minimum atomic E-state index is 0.0671. The molecule has 1 aromatic rings. The lowest BCUT2D eigenvalue weighted by atomic mass is 9.95. The molecule has 1 aliphatic heterocycles. The number of hydrogen-bond donors (Lipinski definition) is 1. The van der Waals surface area contributed by atoms with Crippen molar-refractivity contribution >= 4 is 17.4 Å². The van der Waals surface area contributed by atoms with Crippen LogP contribution in [0, 0.1) is 5.92 Å². The van der Waals surface area contributed by atoms with E-state index in [1.165, 1.54) is 0 Å². The van der Waals surface area contributed by atoms with Crippen molar-refractivity contribution < 1.29 is 9.59 Å². The van der Waals surface area contributed by atoms with Crippen LogP contribution in [0.5, 0.6) is 0 Å². The molecule has 3 heteroatoms. The number of hydrogen-bond acceptors (Lipinski definition) is 2. The average molecular weight is 259 g/mol. The maximum Gasteiger partial charge on any atom is 0.224 e. The van der Waals surface area contributed by atoms with E-state index < -0.39 is 0 Å². The molecule has 0 radical (unpaired) electrons. The predicted molar refractivity (Wildman–Crippen MR) is 76.4 cm³/mol. The first-order chi connectivity index (χ1) is 9.10. The Morgan fingerprint density at radius 2 is 2.16 bits per heavy atom. The number of anilines is 1. The molecule has 3 nitrogen and oxygen atoms in total. The van der Waals surface area contributed by atoms with E-state index in [1.807, 2.05) is 18.2 Å². The second kappa shape index (κ2) is 6.00. The number of fused-ring (bicyclic) bond motifs is 1. The zero-order chi connectivity index (χ0) is 13.8. The summed E-state index contributed by atoms with van der Waals surface area (Å²) in [7, 11) is 0. The van der Waals surface area contributed by atoms with Gasteiger partial charge in [-0.05, 0) is 42.5 Å². The van der Waals surface area contributed by atoms with Gasteiger partial charge in [0.15, 0.2) is 5.78 Å². The standard InChI is InChI=1S/C16H21NO2/c1-3-11(2)9-15(18)13-7-8-14-12(10-13)5-4-6-16(19)17-14/h7-8,10-11H,3-6,9H2,1-2H3,(H,17,19). The maximum absolute atomic E-state index is 12.2. The number of aryl methyl sites for hydroxylation is 1. The van der Waals surface area contributed by atoms with Crippen LogP contribution in [0.15, 0.2) is 18.2 Å². The highest BCUT2D eigenvalue weighted by atomic mass is 16.1. The van der Waals surface area contributed by atoms with Crippen molar-refractivity contribution in [1.29, 1.82) is 0 Å². The molecule has 0 saturated heterocycles. The molecular weight excluding hydrogens is 238 g/mol. The highest BCUT2D eigenvalue weighted by Crippen LogP contribution is 2.24. The lowest BCUT2D eigenvalue weighted by Gasteiger charge is -2.11. The molecule has 1 aromatic carbocycles. The fourth-order valence-corrected chi connectivity index (χ4v) is 2.33. The minimum absolute atomic E-state index is 0.0671. The number of Topliss-reactive ketones (excluding diaryl/α,β-unsaturated/α-hetero) is 1. The highest BCUT2D eigenvalue weighted by Gasteiger charge is 2.16. The molecule has 1 N–H and O–H groups in total. The number of amides is 1. The zero-order valence-corrected chi connectivity index (χ0v) is 11.7. The molecule has 1 unspecified atom stereocenters. The monoisotopic (exact) mass is 259 g/mol. The van der Waals surface area contributed by atoms with Crippen molar-refractivity contribution in [2.75, 3.05) is 5.32 Å². The number of nitrogens with one attached hydrogen (secondary N) is 1. The predicted octanol–water partition coefficient (Wildman–Crippen LogP) is 3.58. The van der Waals surface area contributed by atoms with Crippen molar-refractivity contribution in [3.8, 4) is 0 Å². The summed E-state index contributed by atoms with van der Waals surface area (Å²) in [6.45, 7) is 4.20. The molecule has 0 saturated carbocycles. The Bertz CT molecular complexity index is 494. The molecule has 0 spiro atoms. The van der Waals surface area contributed by atoms with E-state index in [9.17, 15) is 9.59 Å². The first-order valence-electron chi connectivity index (χ1n) is 7.06. The summed E-state index contributed by atoms with van der Waals surface area (Å²) >= 11 is 0. The molecule has 19 heavy (non-hydrogen) atoms. The first-order valence-corrected chi connectivity index (χ1v) is 7.06. The average Bonchev–Trinajstić information content (AvgIpc) is 2.58. The highest BCUT2D eigenvalue weighted by molar-refractivity contribution is 5.98. The van der Waals surface area contributed by atoms with Gasteiger partial charge in [0.05, 0.1) is 0 Å². The van der Waals surface area contributed by atoms with Gasteiger partial charge in [0.1, 0.15) is 0 Å². The fraction of sp³-hybridized carbons (Fsp3) is 0.500. The van der Waals surface area contributed by atoms with Gasteiger partial charge in [-0.3, -0.25) is 9.59 Å². The Labute approximate surface area is 114 Å². The van der Waals surface area contributed by atoms with Crippen molar-refractivity contribution in [3.05, 3.63) is 29.3 Å². The number of ketones is 1. The van der Waals surface area contributed by atoms with E-state index in [4.69, 9.17) is 0 Å². The normalized spacial score (nSPS) is 16.2. The third-order valence-electron chi connectivity index (χ3n) is 3.78. The Hall–Kier alpha value is -1.64. The molecular formula is C16H21NO2. The summed E-state index contributed by atoms with van der Waals surface area (Å²) in [5, 5.41) is 2.89. The second-order valence-electron chi connectivity index (χ2n) is 5.41. The van der Waals surface area contributed by atoms with Crippen LogP contribution in [0.4, 0.5) is 5.69 Å². The molecule has 1 heterocycles. The van der Waals surface area contributed by atoms with E-state index in [-0.39, 0.29) is 11.7 Å². The van der Waals surface area contributed by atoms with Crippen molar-refractivity contribution in [3.63, 3.8) is 0 Å². The molecule has 102 valence electrons. The summed E-state index contributed by atoms with van der Waals surface area (Å²) in [6.07, 6.45) is 3.89. The molecule has 1 atom stereocenters. The van der Waals surface area contributed by atoms with Crippen LogP contribution in [-0.2, 0) is 11.2 Å². The van der Waals surface area contributed by atoms with Crippen LogP contribution in [-0.4, -0.2) is 11.7 Å². The number of carbonyl (C=O) groups is 2. The van der Waals surface area contributed by atoms with Crippen LogP contribution in [0.2, 0.25) is 0 Å². The van der Waals surface area contributed by atoms with Crippen LogP contribution in [0.3, 0.4) is 0 Å². The van der Waals surface area contributed by atoms with Crippen LogP contribution in [0.25, 0.3) is 0 Å². The van der Waals surface area contributed by atoms with Crippen LogP contribution < -0.4 is 5.32 Å². The topological polar surface area (TPSA) is 46.2 Å². The second-order valence-corrected chi connectivity index (χ2v) is 5.41. The summed E-state index contributed by atoms with van der Waals surface area (Å²) < 4.78 is 0. The smallest absolute Gasteiger partial charge is 0.224 e. The van der Waals surface area contributed by atoms with Gasteiger partial charge >= 0.3 is 0 Å². The van der Waals surface area contributed by atoms with E-state index in [0.717, 1.165) is 36.1 Å². The van der Waals surface area contributed by atoms with Gasteiger partial charge in [0.25, 0.3) is 0 Å². The summed E-state index contributed by atoms with van der Waals surface area (Å²) in [5.41, 5.74) is 2.72. The molecule has 1 aliphatic rings. The summed E-state index contributed by atoms with van der Waals surface area (Å²) in [5.74, 6) is 0.691. The Kier molecular flexibility index (Phi) is 4.35. The molecule has 0 aliphatic carbocycles. The number of rotatable bonds is 4. The quantitative estimate of drug-likeness (QED) is 0.840. The van der Waals surface area contributed by atoms with Crippen molar-refractivity contribution in [2.24, 2.45) is 5.92 Å². The van der Waals surface area contributed by atoms with Gasteiger partial charge in [0.2, 0.25) is 5.91 Å². The molecule has 2 rings (SSSR count). The van der Waals surface area contributed by atoms with Gasteiger partial charge in [-0.25, -0.2) is 0 Å². The van der Waals surface area contributed by atoms with E-state index >= 15 is 0 Å². The molecule has 1 amide bonds. The third kappa shape index (κ3) is 3.43. The first kappa shape index (κ1) is 13.8. The van der Waals surface area contributed by atoms with Gasteiger partial charge in [0, 0.05) is 24.1 Å². The van der Waals surface area contributed by atoms with Gasteiger partial charge in [-0.15, -0.1) is 0 Å². The third-order valence-corrected chi connectivity index (χ3v) is 3.78. The van der Waals surface area contributed by atoms with Crippen molar-refractivity contribution in [2.45, 2.75) is 46.0 Å². The number of carbonyl (C=O) groups excluding carboxylic acids is 2. The molecule has 0 aromatic heterocycles. The molecule has 0 fully saturated rings. The molecule has 0 bridgehead atoms. The van der Waals surface area contributed by atoms with Gasteiger partial charge in [-0.2, -0.15) is 0 Å². The largest absolute Gasteiger partial charge is 0.326 e. The lowest BCUT2D eigenvalue weighted by Crippen LogP contribution is -2.10. The Balaban J connectivity index is 2.18. The SMILES string of the molecule is CCC(C)CC(=O)c1ccc2c(c1)CCCC(=O)N2. The Morgan fingerprint density at radius 3 is 2.89 bits per heavy atom. The maximum atomic E-state index is 12.2.